The van der Waals surface area contributed by atoms with Crippen molar-refractivity contribution < 1.29 is 4.74 Å². The first-order valence-corrected chi connectivity index (χ1v) is 5.65. The van der Waals surface area contributed by atoms with Gasteiger partial charge in [-0.15, -0.1) is 0 Å². The van der Waals surface area contributed by atoms with E-state index in [1.807, 2.05) is 0 Å². The third kappa shape index (κ3) is 4.87. The average molecular weight is 206 g/mol. The predicted octanol–water partition coefficient (Wildman–Crippen LogP) is 4.06. The molecule has 1 nitrogen and oxygen atoms in total. The molecule has 84 valence electrons. The minimum Gasteiger partial charge on any atom is -0.488 e. The molecule has 1 aromatic rings. The molecule has 1 rings (SSSR count). The molecule has 0 amide bonds. The largest absolute Gasteiger partial charge is 0.488 e. The van der Waals surface area contributed by atoms with E-state index in [1.54, 1.807) is 0 Å². The Labute approximate surface area is 93.5 Å². The third-order valence-corrected chi connectivity index (χ3v) is 1.99. The molecule has 15 heavy (non-hydrogen) atoms. The zero-order valence-electron chi connectivity index (χ0n) is 10.5. The van der Waals surface area contributed by atoms with E-state index in [4.69, 9.17) is 4.74 Å². The van der Waals surface area contributed by atoms with Crippen LogP contribution in [0.1, 0.15) is 40.2 Å². The van der Waals surface area contributed by atoms with Gasteiger partial charge in [-0.25, -0.2) is 0 Å². The molecule has 0 aliphatic rings. The van der Waals surface area contributed by atoms with Crippen molar-refractivity contribution in [1.29, 1.82) is 0 Å². The van der Waals surface area contributed by atoms with E-state index < -0.39 is 0 Å². The Morgan fingerprint density at radius 2 is 1.60 bits per heavy atom. The monoisotopic (exact) mass is 206 g/mol. The Kier molecular flexibility index (Phi) is 3.78. The van der Waals surface area contributed by atoms with Crippen molar-refractivity contribution in [3.63, 3.8) is 0 Å². The second-order valence-electron chi connectivity index (χ2n) is 5.46. The summed E-state index contributed by atoms with van der Waals surface area (Å²) in [4.78, 5) is 0. The Morgan fingerprint density at radius 1 is 1.07 bits per heavy atom. The highest BCUT2D eigenvalue weighted by molar-refractivity contribution is 5.27. The Bertz CT molecular complexity index is 290. The van der Waals surface area contributed by atoms with Gasteiger partial charge in [-0.1, -0.05) is 26.0 Å². The maximum absolute atomic E-state index is 5.76. The number of rotatable bonds is 3. The Morgan fingerprint density at radius 3 is 2.00 bits per heavy atom. The molecule has 0 aliphatic heterocycles. The average Bonchev–Trinajstić information content (AvgIpc) is 2.05. The molecule has 0 radical (unpaired) electrons. The van der Waals surface area contributed by atoms with Gasteiger partial charge in [0.25, 0.3) is 0 Å². The lowest BCUT2D eigenvalue weighted by molar-refractivity contribution is 0.131. The van der Waals surface area contributed by atoms with Crippen molar-refractivity contribution in [2.75, 3.05) is 0 Å². The molecule has 1 heteroatoms. The van der Waals surface area contributed by atoms with Gasteiger partial charge in [-0.2, -0.15) is 0 Å². The van der Waals surface area contributed by atoms with Crippen LogP contribution in [0, 0.1) is 5.92 Å². The van der Waals surface area contributed by atoms with Crippen LogP contribution in [-0.2, 0) is 6.42 Å². The molecule has 0 saturated heterocycles. The number of ether oxygens (including phenoxy) is 1. The van der Waals surface area contributed by atoms with Gasteiger partial charge in [0, 0.05) is 0 Å². The van der Waals surface area contributed by atoms with E-state index in [2.05, 4.69) is 58.9 Å². The third-order valence-electron chi connectivity index (χ3n) is 1.99. The van der Waals surface area contributed by atoms with E-state index in [9.17, 15) is 0 Å². The van der Waals surface area contributed by atoms with Crippen LogP contribution in [0.25, 0.3) is 0 Å². The van der Waals surface area contributed by atoms with E-state index in [0.29, 0.717) is 5.92 Å². The van der Waals surface area contributed by atoms with Crippen LogP contribution < -0.4 is 4.74 Å². The highest BCUT2D eigenvalue weighted by Gasteiger charge is 2.11. The molecule has 0 N–H and O–H groups in total. The number of hydrogen-bond acceptors (Lipinski definition) is 1. The van der Waals surface area contributed by atoms with Crippen LogP contribution in [0.5, 0.6) is 5.75 Å². The molecule has 0 unspecified atom stereocenters. The van der Waals surface area contributed by atoms with Gasteiger partial charge in [-0.05, 0) is 50.8 Å². The summed E-state index contributed by atoms with van der Waals surface area (Å²) in [6.07, 6.45) is 1.13. The standard InChI is InChI=1S/C14H22O/c1-11(2)10-12-6-8-13(9-7-12)15-14(3,4)5/h6-9,11H,10H2,1-5H3. The van der Waals surface area contributed by atoms with Crippen molar-refractivity contribution in [1.82, 2.24) is 0 Å². The van der Waals surface area contributed by atoms with Gasteiger partial charge in [0.15, 0.2) is 0 Å². The van der Waals surface area contributed by atoms with Gasteiger partial charge in [0.1, 0.15) is 11.4 Å². The second-order valence-corrected chi connectivity index (χ2v) is 5.46. The minimum absolute atomic E-state index is 0.112. The Hall–Kier alpha value is -0.980. The summed E-state index contributed by atoms with van der Waals surface area (Å²) in [6.45, 7) is 10.7. The van der Waals surface area contributed by atoms with E-state index in [1.165, 1.54) is 5.56 Å². The summed E-state index contributed by atoms with van der Waals surface area (Å²) in [6, 6.07) is 8.42. The summed E-state index contributed by atoms with van der Waals surface area (Å²) in [5, 5.41) is 0. The van der Waals surface area contributed by atoms with Gasteiger partial charge < -0.3 is 4.74 Å². The van der Waals surface area contributed by atoms with Crippen LogP contribution in [0.3, 0.4) is 0 Å². The van der Waals surface area contributed by atoms with Crippen LogP contribution in [0.4, 0.5) is 0 Å². The smallest absolute Gasteiger partial charge is 0.120 e. The fraction of sp³-hybridized carbons (Fsp3) is 0.571. The highest BCUT2D eigenvalue weighted by atomic mass is 16.5. The first kappa shape index (κ1) is 12.1. The zero-order chi connectivity index (χ0) is 11.5. The lowest BCUT2D eigenvalue weighted by Gasteiger charge is -2.21. The summed E-state index contributed by atoms with van der Waals surface area (Å²) in [7, 11) is 0. The first-order valence-electron chi connectivity index (χ1n) is 5.65. The Balaban J connectivity index is 2.64. The van der Waals surface area contributed by atoms with Crippen LogP contribution >= 0.6 is 0 Å². The lowest BCUT2D eigenvalue weighted by atomic mass is 10.0. The molecule has 0 fully saturated rings. The van der Waals surface area contributed by atoms with Crippen molar-refractivity contribution in [3.8, 4) is 5.75 Å². The fourth-order valence-corrected chi connectivity index (χ4v) is 1.52. The molecule has 0 heterocycles. The molecule has 1 aromatic carbocycles. The summed E-state index contributed by atoms with van der Waals surface area (Å²) < 4.78 is 5.76. The summed E-state index contributed by atoms with van der Waals surface area (Å²) in [5.74, 6) is 1.66. The van der Waals surface area contributed by atoms with Gasteiger partial charge in [-0.3, -0.25) is 0 Å². The van der Waals surface area contributed by atoms with E-state index >= 15 is 0 Å². The molecule has 0 spiro atoms. The van der Waals surface area contributed by atoms with Crippen molar-refractivity contribution in [2.45, 2.75) is 46.6 Å². The second kappa shape index (κ2) is 4.69. The maximum atomic E-state index is 5.76. The highest BCUT2D eigenvalue weighted by Crippen LogP contribution is 2.19. The van der Waals surface area contributed by atoms with Gasteiger partial charge in [0.2, 0.25) is 0 Å². The van der Waals surface area contributed by atoms with Crippen LogP contribution in [0.2, 0.25) is 0 Å². The minimum atomic E-state index is -0.112. The fourth-order valence-electron chi connectivity index (χ4n) is 1.52. The van der Waals surface area contributed by atoms with Gasteiger partial charge in [0.05, 0.1) is 0 Å². The molecular weight excluding hydrogens is 184 g/mol. The summed E-state index contributed by atoms with van der Waals surface area (Å²) in [5.41, 5.74) is 1.27. The molecular formula is C14H22O. The van der Waals surface area contributed by atoms with Crippen LogP contribution in [0.15, 0.2) is 24.3 Å². The van der Waals surface area contributed by atoms with Crippen LogP contribution in [-0.4, -0.2) is 5.60 Å². The van der Waals surface area contributed by atoms with Crippen molar-refractivity contribution in [3.05, 3.63) is 29.8 Å². The molecule has 0 aliphatic carbocycles. The quantitative estimate of drug-likeness (QED) is 0.724. The lowest BCUT2D eigenvalue weighted by Crippen LogP contribution is -2.22. The van der Waals surface area contributed by atoms with Crippen molar-refractivity contribution >= 4 is 0 Å². The molecule has 0 aromatic heterocycles. The number of hydrogen-bond donors (Lipinski definition) is 0. The SMILES string of the molecule is CC(C)Cc1ccc(OC(C)(C)C)cc1. The predicted molar refractivity (Wildman–Crippen MR) is 65.4 cm³/mol. The van der Waals surface area contributed by atoms with E-state index in [-0.39, 0.29) is 5.60 Å². The van der Waals surface area contributed by atoms with Gasteiger partial charge >= 0.3 is 0 Å². The number of benzene rings is 1. The molecule has 0 atom stereocenters. The van der Waals surface area contributed by atoms with E-state index in [0.717, 1.165) is 12.2 Å². The topological polar surface area (TPSA) is 9.23 Å². The normalized spacial score (nSPS) is 11.9. The maximum Gasteiger partial charge on any atom is 0.120 e. The molecule has 0 saturated carbocycles. The first-order chi connectivity index (χ1) is 6.87. The zero-order valence-corrected chi connectivity index (χ0v) is 10.5. The van der Waals surface area contributed by atoms with Crippen molar-refractivity contribution in [2.24, 2.45) is 5.92 Å². The molecule has 0 bridgehead atoms. The summed E-state index contributed by atoms with van der Waals surface area (Å²) >= 11 is 0.